The van der Waals surface area contributed by atoms with Crippen LogP contribution in [0, 0.1) is 0 Å². The average molecular weight is 380 g/mol. The Morgan fingerprint density at radius 2 is 2.00 bits per heavy atom. The Kier molecular flexibility index (Phi) is 5.32. The minimum absolute atomic E-state index is 0.0922. The second-order valence-electron chi connectivity index (χ2n) is 6.85. The van der Waals surface area contributed by atoms with E-state index < -0.39 is 0 Å². The molecule has 1 aromatic heterocycles. The van der Waals surface area contributed by atoms with E-state index in [9.17, 15) is 4.79 Å². The third-order valence-corrected chi connectivity index (χ3v) is 4.75. The summed E-state index contributed by atoms with van der Waals surface area (Å²) in [4.78, 5) is 18.4. The molecular weight excluding hydrogens is 356 g/mol. The summed E-state index contributed by atoms with van der Waals surface area (Å²) in [5.41, 5.74) is 3.11. The highest BCUT2D eigenvalue weighted by atomic mass is 16.6. The van der Waals surface area contributed by atoms with E-state index in [2.05, 4.69) is 20.9 Å². The summed E-state index contributed by atoms with van der Waals surface area (Å²) in [6.45, 7) is 3.06. The molecule has 0 spiro atoms. The highest BCUT2D eigenvalue weighted by molar-refractivity contribution is 5.75. The summed E-state index contributed by atoms with van der Waals surface area (Å²) >= 11 is 0. The van der Waals surface area contributed by atoms with Crippen LogP contribution in [0.2, 0.25) is 0 Å². The van der Waals surface area contributed by atoms with Crippen molar-refractivity contribution < 1.29 is 14.3 Å². The van der Waals surface area contributed by atoms with Gasteiger partial charge in [-0.25, -0.2) is 9.78 Å². The molecule has 0 bridgehead atoms. The Morgan fingerprint density at radius 1 is 1.18 bits per heavy atom. The van der Waals surface area contributed by atoms with Crippen LogP contribution in [0.4, 0.5) is 4.79 Å². The number of nitrogens with zero attached hydrogens (tertiary/aromatic N) is 3. The van der Waals surface area contributed by atoms with Gasteiger partial charge in [-0.1, -0.05) is 18.2 Å². The predicted octanol–water partition coefficient (Wildman–Crippen LogP) is 3.04. The van der Waals surface area contributed by atoms with Crippen LogP contribution in [0.15, 0.2) is 48.8 Å². The van der Waals surface area contributed by atoms with E-state index in [0.717, 1.165) is 41.1 Å². The number of rotatable bonds is 6. The lowest BCUT2D eigenvalue weighted by Crippen LogP contribution is -2.37. The molecule has 0 radical (unpaired) electrons. The maximum Gasteiger partial charge on any atom is 0.317 e. The zero-order chi connectivity index (χ0) is 19.3. The number of para-hydroxylation sites is 2. The lowest BCUT2D eigenvalue weighted by Gasteiger charge is -2.21. The summed E-state index contributed by atoms with van der Waals surface area (Å²) in [6.07, 6.45) is 2.68. The summed E-state index contributed by atoms with van der Waals surface area (Å²) in [5.74, 6) is 1.50. The molecule has 7 heteroatoms. The number of benzene rings is 2. The number of hydrogen-bond donors (Lipinski definition) is 1. The number of ether oxygens (including phenoxy) is 2. The second-order valence-corrected chi connectivity index (χ2v) is 6.85. The Morgan fingerprint density at radius 3 is 2.89 bits per heavy atom. The molecule has 3 aromatic rings. The first-order valence-corrected chi connectivity index (χ1v) is 9.48. The normalized spacial score (nSPS) is 12.8. The van der Waals surface area contributed by atoms with Crippen molar-refractivity contribution in [3.63, 3.8) is 0 Å². The van der Waals surface area contributed by atoms with Gasteiger partial charge >= 0.3 is 6.03 Å². The minimum atomic E-state index is -0.0922. The van der Waals surface area contributed by atoms with Crippen molar-refractivity contribution in [3.05, 3.63) is 54.4 Å². The number of carbonyl (C=O) groups excluding carboxylic acids is 1. The van der Waals surface area contributed by atoms with E-state index >= 15 is 0 Å². The molecule has 4 rings (SSSR count). The molecule has 0 atom stereocenters. The molecule has 2 aromatic carbocycles. The molecule has 0 fully saturated rings. The summed E-state index contributed by atoms with van der Waals surface area (Å²) in [7, 11) is 1.79. The maximum atomic E-state index is 12.3. The van der Waals surface area contributed by atoms with Gasteiger partial charge in [0.1, 0.15) is 13.2 Å². The SMILES string of the molecule is CN(Cc1ccc2c(c1)OCCO2)C(=O)NCCCn1cnc2ccccc21. The topological polar surface area (TPSA) is 68.6 Å². The van der Waals surface area contributed by atoms with E-state index in [0.29, 0.717) is 26.3 Å². The molecule has 0 saturated carbocycles. The first-order chi connectivity index (χ1) is 13.7. The summed E-state index contributed by atoms with van der Waals surface area (Å²) in [5, 5.41) is 2.97. The van der Waals surface area contributed by atoms with Crippen LogP contribution in [0.25, 0.3) is 11.0 Å². The van der Waals surface area contributed by atoms with Gasteiger partial charge in [-0.05, 0) is 36.2 Å². The molecule has 0 aliphatic carbocycles. The van der Waals surface area contributed by atoms with Gasteiger partial charge in [-0.2, -0.15) is 0 Å². The fraction of sp³-hybridized carbons (Fsp3) is 0.333. The van der Waals surface area contributed by atoms with Crippen LogP contribution < -0.4 is 14.8 Å². The molecular formula is C21H24N4O3. The molecule has 0 unspecified atom stereocenters. The van der Waals surface area contributed by atoms with Crippen LogP contribution in [-0.2, 0) is 13.1 Å². The van der Waals surface area contributed by atoms with E-state index in [4.69, 9.17) is 9.47 Å². The van der Waals surface area contributed by atoms with Crippen molar-refractivity contribution >= 4 is 17.1 Å². The Labute approximate surface area is 163 Å². The molecule has 7 nitrogen and oxygen atoms in total. The zero-order valence-electron chi connectivity index (χ0n) is 15.9. The molecule has 146 valence electrons. The number of urea groups is 1. The number of fused-ring (bicyclic) bond motifs is 2. The standard InChI is InChI=1S/C21H24N4O3/c1-24(14-16-7-8-19-20(13-16)28-12-11-27-19)21(26)22-9-4-10-25-15-23-17-5-2-3-6-18(17)25/h2-3,5-8,13,15H,4,9-12,14H2,1H3,(H,22,26). The van der Waals surface area contributed by atoms with E-state index in [1.165, 1.54) is 0 Å². The fourth-order valence-corrected chi connectivity index (χ4v) is 3.30. The molecule has 1 aliphatic rings. The Hall–Kier alpha value is -3.22. The van der Waals surface area contributed by atoms with Crippen LogP contribution in [-0.4, -0.2) is 47.3 Å². The molecule has 1 N–H and O–H groups in total. The van der Waals surface area contributed by atoms with Crippen molar-refractivity contribution in [2.75, 3.05) is 26.8 Å². The van der Waals surface area contributed by atoms with Crippen LogP contribution in [0.1, 0.15) is 12.0 Å². The van der Waals surface area contributed by atoms with E-state index in [-0.39, 0.29) is 6.03 Å². The molecule has 2 amide bonds. The van der Waals surface area contributed by atoms with Gasteiger partial charge in [0.2, 0.25) is 0 Å². The second kappa shape index (κ2) is 8.21. The zero-order valence-corrected chi connectivity index (χ0v) is 15.9. The largest absolute Gasteiger partial charge is 0.486 e. The number of carbonyl (C=O) groups is 1. The van der Waals surface area contributed by atoms with Gasteiger partial charge in [0.05, 0.1) is 17.4 Å². The number of aromatic nitrogens is 2. The Balaban J connectivity index is 1.24. The fourth-order valence-electron chi connectivity index (χ4n) is 3.30. The van der Waals surface area contributed by atoms with Gasteiger partial charge in [0, 0.05) is 26.7 Å². The van der Waals surface area contributed by atoms with Crippen molar-refractivity contribution in [2.45, 2.75) is 19.5 Å². The van der Waals surface area contributed by atoms with Crippen LogP contribution >= 0.6 is 0 Å². The van der Waals surface area contributed by atoms with Gasteiger partial charge < -0.3 is 24.3 Å². The lowest BCUT2D eigenvalue weighted by molar-refractivity contribution is 0.171. The molecule has 28 heavy (non-hydrogen) atoms. The van der Waals surface area contributed by atoms with Crippen LogP contribution in [0.5, 0.6) is 11.5 Å². The monoisotopic (exact) mass is 380 g/mol. The van der Waals surface area contributed by atoms with Gasteiger partial charge in [0.15, 0.2) is 11.5 Å². The predicted molar refractivity (Wildman–Crippen MR) is 107 cm³/mol. The number of amides is 2. The highest BCUT2D eigenvalue weighted by Crippen LogP contribution is 2.31. The van der Waals surface area contributed by atoms with Crippen molar-refractivity contribution in [3.8, 4) is 11.5 Å². The first kappa shape index (κ1) is 18.2. The molecule has 0 saturated heterocycles. The quantitative estimate of drug-likeness (QED) is 0.668. The average Bonchev–Trinajstić information content (AvgIpc) is 3.14. The molecule has 2 heterocycles. The van der Waals surface area contributed by atoms with Gasteiger partial charge in [0.25, 0.3) is 0 Å². The van der Waals surface area contributed by atoms with Gasteiger partial charge in [-0.3, -0.25) is 0 Å². The Bertz CT molecular complexity index is 969. The first-order valence-electron chi connectivity index (χ1n) is 9.48. The third-order valence-electron chi connectivity index (χ3n) is 4.75. The maximum absolute atomic E-state index is 12.3. The highest BCUT2D eigenvalue weighted by Gasteiger charge is 2.14. The minimum Gasteiger partial charge on any atom is -0.486 e. The number of nitrogens with one attached hydrogen (secondary N) is 1. The summed E-state index contributed by atoms with van der Waals surface area (Å²) < 4.78 is 13.2. The van der Waals surface area contributed by atoms with Crippen molar-refractivity contribution in [1.29, 1.82) is 0 Å². The number of imidazole rings is 1. The van der Waals surface area contributed by atoms with Crippen molar-refractivity contribution in [1.82, 2.24) is 19.8 Å². The van der Waals surface area contributed by atoms with E-state index in [1.54, 1.807) is 11.9 Å². The van der Waals surface area contributed by atoms with E-state index in [1.807, 2.05) is 42.7 Å². The lowest BCUT2D eigenvalue weighted by atomic mass is 10.2. The van der Waals surface area contributed by atoms with Crippen molar-refractivity contribution in [2.24, 2.45) is 0 Å². The third kappa shape index (κ3) is 4.03. The number of hydrogen-bond acceptors (Lipinski definition) is 4. The smallest absolute Gasteiger partial charge is 0.317 e. The van der Waals surface area contributed by atoms with Crippen LogP contribution in [0.3, 0.4) is 0 Å². The molecule has 1 aliphatic heterocycles. The summed E-state index contributed by atoms with van der Waals surface area (Å²) in [6, 6.07) is 13.7. The van der Waals surface area contributed by atoms with Gasteiger partial charge in [-0.15, -0.1) is 0 Å². The number of aryl methyl sites for hydroxylation is 1.